The second-order valence-corrected chi connectivity index (χ2v) is 3.90. The molecule has 3 unspecified atom stereocenters. The summed E-state index contributed by atoms with van der Waals surface area (Å²) < 4.78 is 10.6. The fraction of sp³-hybridized carbons (Fsp3) is 1.00. The highest BCUT2D eigenvalue weighted by atomic mass is 16.5. The molecule has 0 aliphatic carbocycles. The van der Waals surface area contributed by atoms with E-state index in [1.165, 1.54) is 0 Å². The average Bonchev–Trinajstić information content (AvgIpc) is 2.65. The maximum Gasteiger partial charge on any atom is 0.0667 e. The van der Waals surface area contributed by atoms with Crippen LogP contribution in [0.5, 0.6) is 0 Å². The predicted octanol–water partition coefficient (Wildman–Crippen LogP) is -0.155. The van der Waals surface area contributed by atoms with Gasteiger partial charge in [-0.15, -0.1) is 0 Å². The second-order valence-electron chi connectivity index (χ2n) is 3.90. The lowest BCUT2D eigenvalue weighted by Gasteiger charge is -2.18. The van der Waals surface area contributed by atoms with Crippen LogP contribution in [0.4, 0.5) is 0 Å². The number of hydrogen-bond donors (Lipinski definition) is 2. The fourth-order valence-electron chi connectivity index (χ4n) is 1.67. The molecule has 2 N–H and O–H groups in total. The smallest absolute Gasteiger partial charge is 0.0667 e. The van der Waals surface area contributed by atoms with Crippen molar-refractivity contribution in [1.82, 2.24) is 10.6 Å². The molecule has 1 saturated heterocycles. The molecule has 1 heterocycles. The van der Waals surface area contributed by atoms with Crippen molar-refractivity contribution in [3.05, 3.63) is 0 Å². The van der Waals surface area contributed by atoms with Crippen LogP contribution in [0, 0.1) is 5.92 Å². The van der Waals surface area contributed by atoms with Gasteiger partial charge in [-0.25, -0.2) is 0 Å². The quantitative estimate of drug-likeness (QED) is 0.628. The lowest BCUT2D eigenvalue weighted by atomic mass is 10.0. The Morgan fingerprint density at radius 3 is 2.93 bits per heavy atom. The highest BCUT2D eigenvalue weighted by Crippen LogP contribution is 2.11. The van der Waals surface area contributed by atoms with E-state index in [1.807, 2.05) is 7.05 Å². The predicted molar refractivity (Wildman–Crippen MR) is 56.5 cm³/mol. The Kier molecular flexibility index (Phi) is 5.40. The third kappa shape index (κ3) is 3.53. The first-order valence-corrected chi connectivity index (χ1v) is 5.26. The number of likely N-dealkylation sites (N-methyl/N-ethyl adjacent to an activating group) is 1. The van der Waals surface area contributed by atoms with E-state index < -0.39 is 0 Å². The van der Waals surface area contributed by atoms with Gasteiger partial charge in [-0.1, -0.05) is 0 Å². The Morgan fingerprint density at radius 2 is 2.29 bits per heavy atom. The van der Waals surface area contributed by atoms with Crippen LogP contribution < -0.4 is 10.6 Å². The first-order valence-electron chi connectivity index (χ1n) is 5.26. The van der Waals surface area contributed by atoms with Crippen molar-refractivity contribution in [3.8, 4) is 0 Å². The summed E-state index contributed by atoms with van der Waals surface area (Å²) in [6.07, 6.45) is 0.283. The van der Waals surface area contributed by atoms with Crippen LogP contribution in [0.25, 0.3) is 0 Å². The molecule has 4 nitrogen and oxygen atoms in total. The molecule has 0 saturated carbocycles. The molecular formula is C10H22N2O2. The summed E-state index contributed by atoms with van der Waals surface area (Å²) in [5, 5.41) is 6.67. The maximum absolute atomic E-state index is 5.41. The van der Waals surface area contributed by atoms with Crippen molar-refractivity contribution < 1.29 is 9.47 Å². The highest BCUT2D eigenvalue weighted by Gasteiger charge is 2.26. The number of rotatable bonds is 6. The summed E-state index contributed by atoms with van der Waals surface area (Å²) in [6.45, 7) is 5.67. The molecule has 0 spiro atoms. The zero-order chi connectivity index (χ0) is 10.4. The van der Waals surface area contributed by atoms with Crippen molar-refractivity contribution in [2.75, 3.05) is 40.5 Å². The van der Waals surface area contributed by atoms with Crippen molar-refractivity contribution in [2.24, 2.45) is 5.92 Å². The van der Waals surface area contributed by atoms with Crippen LogP contribution >= 0.6 is 0 Å². The van der Waals surface area contributed by atoms with E-state index in [0.29, 0.717) is 12.0 Å². The van der Waals surface area contributed by atoms with E-state index in [9.17, 15) is 0 Å². The van der Waals surface area contributed by atoms with Crippen molar-refractivity contribution >= 4 is 0 Å². The summed E-state index contributed by atoms with van der Waals surface area (Å²) in [6, 6.07) is 0.500. The molecule has 1 aliphatic heterocycles. The Morgan fingerprint density at radius 1 is 1.50 bits per heavy atom. The zero-order valence-electron chi connectivity index (χ0n) is 9.38. The summed E-state index contributed by atoms with van der Waals surface area (Å²) in [5.74, 6) is 0.587. The van der Waals surface area contributed by atoms with Gasteiger partial charge in [0.1, 0.15) is 0 Å². The largest absolute Gasteiger partial charge is 0.380 e. The van der Waals surface area contributed by atoms with Crippen LogP contribution in [0.3, 0.4) is 0 Å². The fourth-order valence-corrected chi connectivity index (χ4v) is 1.67. The molecule has 1 fully saturated rings. The Labute approximate surface area is 86.3 Å². The minimum Gasteiger partial charge on any atom is -0.380 e. The number of methoxy groups -OCH3 is 1. The SMILES string of the molecule is CNC1COCC1CNCC(C)OC. The van der Waals surface area contributed by atoms with Gasteiger partial charge >= 0.3 is 0 Å². The summed E-state index contributed by atoms with van der Waals surface area (Å²) >= 11 is 0. The van der Waals surface area contributed by atoms with Gasteiger partial charge in [-0.3, -0.25) is 0 Å². The maximum atomic E-state index is 5.41. The van der Waals surface area contributed by atoms with Crippen LogP contribution in [0.2, 0.25) is 0 Å². The molecule has 0 aromatic rings. The minimum absolute atomic E-state index is 0.283. The van der Waals surface area contributed by atoms with E-state index in [-0.39, 0.29) is 6.10 Å². The van der Waals surface area contributed by atoms with E-state index in [1.54, 1.807) is 7.11 Å². The third-order valence-electron chi connectivity index (χ3n) is 2.81. The van der Waals surface area contributed by atoms with Crippen molar-refractivity contribution in [3.63, 3.8) is 0 Å². The molecule has 4 heteroatoms. The standard InChI is InChI=1S/C10H22N2O2/c1-8(13-3)4-12-5-9-6-14-7-10(9)11-2/h8-12H,4-7H2,1-3H3. The first kappa shape index (κ1) is 11.9. The molecule has 1 rings (SSSR count). The van der Waals surface area contributed by atoms with E-state index in [2.05, 4.69) is 17.6 Å². The van der Waals surface area contributed by atoms with Crippen LogP contribution in [-0.2, 0) is 9.47 Å². The van der Waals surface area contributed by atoms with E-state index in [0.717, 1.165) is 26.3 Å². The Hall–Kier alpha value is -0.160. The molecule has 1 aliphatic rings. The van der Waals surface area contributed by atoms with Gasteiger partial charge in [-0.2, -0.15) is 0 Å². The van der Waals surface area contributed by atoms with Crippen molar-refractivity contribution in [1.29, 1.82) is 0 Å². The number of ether oxygens (including phenoxy) is 2. The molecule has 84 valence electrons. The lowest BCUT2D eigenvalue weighted by molar-refractivity contribution is 0.115. The van der Waals surface area contributed by atoms with Gasteiger partial charge in [0.15, 0.2) is 0 Å². The zero-order valence-corrected chi connectivity index (χ0v) is 9.38. The molecule has 0 radical (unpaired) electrons. The van der Waals surface area contributed by atoms with Gasteiger partial charge in [0.05, 0.1) is 19.3 Å². The van der Waals surface area contributed by atoms with Gasteiger partial charge in [0.25, 0.3) is 0 Å². The van der Waals surface area contributed by atoms with Gasteiger partial charge < -0.3 is 20.1 Å². The summed E-state index contributed by atoms with van der Waals surface area (Å²) in [7, 11) is 3.73. The van der Waals surface area contributed by atoms with E-state index >= 15 is 0 Å². The van der Waals surface area contributed by atoms with Gasteiger partial charge in [-0.05, 0) is 14.0 Å². The van der Waals surface area contributed by atoms with Crippen LogP contribution in [0.1, 0.15) is 6.92 Å². The van der Waals surface area contributed by atoms with E-state index in [4.69, 9.17) is 9.47 Å². The lowest BCUT2D eigenvalue weighted by Crippen LogP contribution is -2.40. The van der Waals surface area contributed by atoms with Crippen molar-refractivity contribution in [2.45, 2.75) is 19.1 Å². The highest BCUT2D eigenvalue weighted by molar-refractivity contribution is 4.81. The molecule has 0 bridgehead atoms. The van der Waals surface area contributed by atoms with Gasteiger partial charge in [0.2, 0.25) is 0 Å². The molecule has 3 atom stereocenters. The van der Waals surface area contributed by atoms with Crippen LogP contribution in [0.15, 0.2) is 0 Å². The molecular weight excluding hydrogens is 180 g/mol. The molecule has 0 aromatic carbocycles. The second kappa shape index (κ2) is 6.35. The van der Waals surface area contributed by atoms with Crippen LogP contribution in [-0.4, -0.2) is 52.6 Å². The summed E-state index contributed by atoms with van der Waals surface area (Å²) in [5.41, 5.74) is 0. The Balaban J connectivity index is 2.11. The first-order chi connectivity index (χ1) is 6.77. The number of nitrogens with one attached hydrogen (secondary N) is 2. The molecule has 0 amide bonds. The molecule has 0 aromatic heterocycles. The minimum atomic E-state index is 0.283. The monoisotopic (exact) mass is 202 g/mol. The molecule has 14 heavy (non-hydrogen) atoms. The van der Waals surface area contributed by atoms with Gasteiger partial charge in [0, 0.05) is 32.2 Å². The topological polar surface area (TPSA) is 42.5 Å². The average molecular weight is 202 g/mol. The Bertz CT molecular complexity index is 155. The summed E-state index contributed by atoms with van der Waals surface area (Å²) in [4.78, 5) is 0. The normalized spacial score (nSPS) is 29.4. The number of hydrogen-bond acceptors (Lipinski definition) is 4. The third-order valence-corrected chi connectivity index (χ3v) is 2.81.